The van der Waals surface area contributed by atoms with Crippen molar-refractivity contribution in [3.05, 3.63) is 0 Å². The van der Waals surface area contributed by atoms with Crippen LogP contribution in [0.1, 0.15) is 41.0 Å². The van der Waals surface area contributed by atoms with E-state index in [2.05, 4.69) is 13.8 Å². The van der Waals surface area contributed by atoms with Gasteiger partial charge in [-0.2, -0.15) is 0 Å². The third-order valence-corrected chi connectivity index (χ3v) is 3.71. The van der Waals surface area contributed by atoms with Gasteiger partial charge in [0.25, 0.3) is 0 Å². The molecule has 0 bridgehead atoms. The van der Waals surface area contributed by atoms with Crippen molar-refractivity contribution in [3.63, 3.8) is 0 Å². The fraction of sp³-hybridized carbons (Fsp3) is 1.00. The van der Waals surface area contributed by atoms with E-state index in [1.54, 1.807) is 0 Å². The standard InChI is InChI=1S/C8H18Se.Li.H/c1-3-5-7-9-8-6-4-2;;/h3-8H2,1-2H3;;/q;+1;-1. The Labute approximate surface area is 85.4 Å². The van der Waals surface area contributed by atoms with Crippen LogP contribution in [-0.4, -0.2) is 15.0 Å². The molecule has 0 radical (unpaired) electrons. The van der Waals surface area contributed by atoms with E-state index in [0.29, 0.717) is 0 Å². The second-order valence-electron chi connectivity index (χ2n) is 2.32. The molecule has 0 spiro atoms. The molecule has 0 aromatic carbocycles. The van der Waals surface area contributed by atoms with E-state index < -0.39 is 0 Å². The van der Waals surface area contributed by atoms with Crippen LogP contribution >= 0.6 is 0 Å². The van der Waals surface area contributed by atoms with Gasteiger partial charge in [0.05, 0.1) is 0 Å². The molecule has 0 aromatic rings. The van der Waals surface area contributed by atoms with Gasteiger partial charge in [-0.3, -0.25) is 0 Å². The van der Waals surface area contributed by atoms with E-state index in [1.807, 2.05) is 0 Å². The molecule has 0 saturated heterocycles. The molecular weight excluding hydrogens is 182 g/mol. The average molecular weight is 201 g/mol. The summed E-state index contributed by atoms with van der Waals surface area (Å²) in [5.74, 6) is 0. The molecule has 0 aliphatic rings. The molecule has 0 amide bonds. The first-order valence-corrected chi connectivity index (χ1v) is 6.41. The average Bonchev–Trinajstić information content (AvgIpc) is 1.89. The van der Waals surface area contributed by atoms with Crippen molar-refractivity contribution >= 4 is 15.0 Å². The Morgan fingerprint density at radius 2 is 1.40 bits per heavy atom. The van der Waals surface area contributed by atoms with Crippen molar-refractivity contribution in [2.24, 2.45) is 0 Å². The number of rotatable bonds is 6. The van der Waals surface area contributed by atoms with Gasteiger partial charge >= 0.3 is 84.0 Å². The second kappa shape index (κ2) is 12.8. The van der Waals surface area contributed by atoms with Crippen LogP contribution in [0.15, 0.2) is 0 Å². The topological polar surface area (TPSA) is 0 Å². The molecule has 0 atom stereocenters. The Kier molecular flexibility index (Phi) is 17.5. The number of unbranched alkanes of at least 4 members (excludes halogenated alkanes) is 2. The Bertz CT molecular complexity index is 47.4. The maximum Gasteiger partial charge on any atom is 1.00 e. The van der Waals surface area contributed by atoms with E-state index in [0.717, 1.165) is 15.0 Å². The Balaban J connectivity index is -0.000000320. The first-order chi connectivity index (χ1) is 4.41. The first kappa shape index (κ1) is 13.7. The fourth-order valence-electron chi connectivity index (χ4n) is 0.595. The summed E-state index contributed by atoms with van der Waals surface area (Å²) in [6.45, 7) is 4.55. The molecule has 0 aliphatic carbocycles. The van der Waals surface area contributed by atoms with Crippen LogP contribution in [0.5, 0.6) is 0 Å². The monoisotopic (exact) mass is 202 g/mol. The summed E-state index contributed by atoms with van der Waals surface area (Å²) in [5.41, 5.74) is 0. The zero-order valence-electron chi connectivity index (χ0n) is 8.65. The molecule has 0 fully saturated rings. The van der Waals surface area contributed by atoms with Gasteiger partial charge in [0.15, 0.2) is 0 Å². The van der Waals surface area contributed by atoms with E-state index >= 15 is 0 Å². The van der Waals surface area contributed by atoms with Crippen molar-refractivity contribution in [1.29, 1.82) is 0 Å². The summed E-state index contributed by atoms with van der Waals surface area (Å²) in [4.78, 5) is 0. The molecular formula is C8H19LiSe. The quantitative estimate of drug-likeness (QED) is 0.426. The van der Waals surface area contributed by atoms with Gasteiger partial charge in [0.1, 0.15) is 0 Å². The number of hydrogen-bond donors (Lipinski definition) is 0. The SMILES string of the molecule is CCCC[Se]CCCC.[H-].[Li+]. The molecule has 0 unspecified atom stereocenters. The summed E-state index contributed by atoms with van der Waals surface area (Å²) in [6.07, 6.45) is 5.69. The molecule has 0 saturated carbocycles. The van der Waals surface area contributed by atoms with Crippen LogP contribution in [0.4, 0.5) is 0 Å². The summed E-state index contributed by atoms with van der Waals surface area (Å²) < 4.78 is 0. The van der Waals surface area contributed by atoms with Crippen molar-refractivity contribution in [2.75, 3.05) is 0 Å². The molecule has 0 nitrogen and oxygen atoms in total. The third kappa shape index (κ3) is 11.9. The molecule has 0 aromatic heterocycles. The van der Waals surface area contributed by atoms with Gasteiger partial charge in [-0.15, -0.1) is 0 Å². The zero-order chi connectivity index (χ0) is 6.95. The molecule has 10 heavy (non-hydrogen) atoms. The molecule has 0 aliphatic heterocycles. The Morgan fingerprint density at radius 1 is 1.00 bits per heavy atom. The smallest absolute Gasteiger partial charge is 1.00 e. The Morgan fingerprint density at radius 3 is 1.70 bits per heavy atom. The molecule has 0 N–H and O–H groups in total. The van der Waals surface area contributed by atoms with Gasteiger partial charge in [0.2, 0.25) is 0 Å². The van der Waals surface area contributed by atoms with Crippen molar-refractivity contribution in [1.82, 2.24) is 0 Å². The van der Waals surface area contributed by atoms with Gasteiger partial charge in [-0.25, -0.2) is 0 Å². The minimum atomic E-state index is 0. The van der Waals surface area contributed by atoms with Crippen molar-refractivity contribution < 1.29 is 20.3 Å². The minimum Gasteiger partial charge on any atom is -1.00 e. The molecule has 0 rings (SSSR count). The molecule has 58 valence electrons. The fourth-order valence-corrected chi connectivity index (χ4v) is 3.09. The number of hydrogen-bond acceptors (Lipinski definition) is 0. The van der Waals surface area contributed by atoms with Crippen LogP contribution in [0, 0.1) is 0 Å². The largest absolute Gasteiger partial charge is 1.00 e. The van der Waals surface area contributed by atoms with Gasteiger partial charge in [0, 0.05) is 0 Å². The van der Waals surface area contributed by atoms with Gasteiger partial charge < -0.3 is 1.43 Å². The second-order valence-corrected chi connectivity index (χ2v) is 4.89. The van der Waals surface area contributed by atoms with Crippen LogP contribution in [0.2, 0.25) is 10.6 Å². The van der Waals surface area contributed by atoms with E-state index in [4.69, 9.17) is 0 Å². The first-order valence-electron chi connectivity index (χ1n) is 3.99. The van der Waals surface area contributed by atoms with E-state index in [1.165, 1.54) is 36.3 Å². The minimum absolute atomic E-state index is 0. The summed E-state index contributed by atoms with van der Waals surface area (Å²) >= 11 is 0.978. The maximum atomic E-state index is 2.27. The van der Waals surface area contributed by atoms with Gasteiger partial charge in [-0.05, 0) is 0 Å². The zero-order valence-corrected chi connectivity index (χ0v) is 9.36. The van der Waals surface area contributed by atoms with Crippen molar-refractivity contribution in [2.45, 2.75) is 50.2 Å². The van der Waals surface area contributed by atoms with Gasteiger partial charge in [-0.1, -0.05) is 0 Å². The van der Waals surface area contributed by atoms with Crippen molar-refractivity contribution in [3.8, 4) is 0 Å². The normalized spacial score (nSPS) is 9.00. The predicted octanol–water partition coefficient (Wildman–Crippen LogP) is 0.244. The summed E-state index contributed by atoms with van der Waals surface area (Å²) in [7, 11) is 0. The Hall–Kier alpha value is 1.12. The van der Waals surface area contributed by atoms with E-state index in [9.17, 15) is 0 Å². The van der Waals surface area contributed by atoms with Crippen LogP contribution in [-0.2, 0) is 0 Å². The summed E-state index contributed by atoms with van der Waals surface area (Å²) in [5, 5.41) is 3.03. The van der Waals surface area contributed by atoms with Crippen LogP contribution in [0.25, 0.3) is 0 Å². The third-order valence-electron chi connectivity index (χ3n) is 1.28. The predicted molar refractivity (Wildman–Crippen MR) is 46.3 cm³/mol. The summed E-state index contributed by atoms with van der Waals surface area (Å²) in [6, 6.07) is 0. The van der Waals surface area contributed by atoms with E-state index in [-0.39, 0.29) is 20.3 Å². The van der Waals surface area contributed by atoms with Crippen LogP contribution < -0.4 is 18.9 Å². The molecule has 2 heteroatoms. The molecule has 0 heterocycles. The van der Waals surface area contributed by atoms with Crippen LogP contribution in [0.3, 0.4) is 0 Å². The maximum absolute atomic E-state index is 2.27.